The van der Waals surface area contributed by atoms with E-state index in [1.165, 1.54) is 11.0 Å². The SMILES string of the molecule is C=CC(=O)N(C)c1cc(OC)cc(-c2cnc3[nH]cc(-c4ccnc(C#N)c4)c3c2)c1. The molecule has 7 nitrogen and oxygen atoms in total. The Morgan fingerprint density at radius 1 is 1.19 bits per heavy atom. The van der Waals surface area contributed by atoms with E-state index in [4.69, 9.17) is 10.00 Å². The summed E-state index contributed by atoms with van der Waals surface area (Å²) in [4.78, 5) is 25.4. The quantitative estimate of drug-likeness (QED) is 0.495. The molecule has 1 amide bonds. The van der Waals surface area contributed by atoms with Gasteiger partial charge in [0.1, 0.15) is 23.2 Å². The van der Waals surface area contributed by atoms with Crippen LogP contribution in [-0.4, -0.2) is 35.0 Å². The second-order valence-electron chi connectivity index (χ2n) is 6.89. The largest absolute Gasteiger partial charge is 0.497 e. The lowest BCUT2D eigenvalue weighted by Gasteiger charge is -2.18. The number of nitrogens with one attached hydrogen (secondary N) is 1. The van der Waals surface area contributed by atoms with Crippen LogP contribution in [0.2, 0.25) is 0 Å². The number of pyridine rings is 2. The molecular weight excluding hydrogens is 390 g/mol. The molecule has 0 saturated carbocycles. The monoisotopic (exact) mass is 409 g/mol. The van der Waals surface area contributed by atoms with Gasteiger partial charge in [0.05, 0.1) is 7.11 Å². The van der Waals surface area contributed by atoms with Crippen molar-refractivity contribution in [3.05, 3.63) is 73.3 Å². The Hall–Kier alpha value is -4.44. The maximum absolute atomic E-state index is 12.1. The summed E-state index contributed by atoms with van der Waals surface area (Å²) in [5, 5.41) is 10.1. The van der Waals surface area contributed by atoms with Gasteiger partial charge in [-0.3, -0.25) is 4.79 Å². The molecule has 0 saturated heterocycles. The van der Waals surface area contributed by atoms with Crippen molar-refractivity contribution in [3.63, 3.8) is 0 Å². The number of likely N-dealkylation sites (N-methyl/N-ethyl adjacent to an activating group) is 1. The van der Waals surface area contributed by atoms with Crippen LogP contribution in [-0.2, 0) is 4.79 Å². The first-order chi connectivity index (χ1) is 15.0. The number of carbonyl (C=O) groups is 1. The fourth-order valence-electron chi connectivity index (χ4n) is 3.38. The van der Waals surface area contributed by atoms with Crippen molar-refractivity contribution in [2.24, 2.45) is 0 Å². The van der Waals surface area contributed by atoms with E-state index in [0.717, 1.165) is 33.3 Å². The number of methoxy groups -OCH3 is 1. The molecule has 0 atom stereocenters. The third-order valence-corrected chi connectivity index (χ3v) is 5.07. The van der Waals surface area contributed by atoms with Gasteiger partial charge in [-0.15, -0.1) is 0 Å². The molecule has 0 spiro atoms. The van der Waals surface area contributed by atoms with Crippen LogP contribution >= 0.6 is 0 Å². The summed E-state index contributed by atoms with van der Waals surface area (Å²) >= 11 is 0. The molecule has 0 radical (unpaired) electrons. The number of anilines is 1. The molecule has 3 aromatic heterocycles. The minimum Gasteiger partial charge on any atom is -0.497 e. The highest BCUT2D eigenvalue weighted by Gasteiger charge is 2.14. The summed E-state index contributed by atoms with van der Waals surface area (Å²) in [5.41, 5.74) is 5.28. The number of hydrogen-bond donors (Lipinski definition) is 1. The van der Waals surface area contributed by atoms with Gasteiger partial charge in [-0.05, 0) is 47.5 Å². The van der Waals surface area contributed by atoms with Crippen molar-refractivity contribution in [1.29, 1.82) is 5.26 Å². The molecule has 0 unspecified atom stereocenters. The van der Waals surface area contributed by atoms with E-state index in [2.05, 4.69) is 27.6 Å². The number of carbonyl (C=O) groups excluding carboxylic acids is 1. The predicted octanol–water partition coefficient (Wildman–Crippen LogP) is 4.32. The van der Waals surface area contributed by atoms with Crippen molar-refractivity contribution in [3.8, 4) is 34.1 Å². The van der Waals surface area contributed by atoms with Gasteiger partial charge in [-0.25, -0.2) is 9.97 Å². The second-order valence-corrected chi connectivity index (χ2v) is 6.89. The number of ether oxygens (including phenoxy) is 1. The highest BCUT2D eigenvalue weighted by Crippen LogP contribution is 2.34. The summed E-state index contributed by atoms with van der Waals surface area (Å²) in [6.45, 7) is 3.55. The molecule has 1 N–H and O–H groups in total. The van der Waals surface area contributed by atoms with Crippen molar-refractivity contribution in [2.45, 2.75) is 0 Å². The number of aromatic nitrogens is 3. The Morgan fingerprint density at radius 3 is 2.77 bits per heavy atom. The molecule has 0 aliphatic heterocycles. The van der Waals surface area contributed by atoms with E-state index in [0.29, 0.717) is 17.1 Å². The number of amides is 1. The van der Waals surface area contributed by atoms with E-state index in [1.54, 1.807) is 38.7 Å². The third kappa shape index (κ3) is 3.74. The molecule has 0 aliphatic rings. The van der Waals surface area contributed by atoms with E-state index in [-0.39, 0.29) is 5.91 Å². The number of nitriles is 1. The van der Waals surface area contributed by atoms with Crippen molar-refractivity contribution in [2.75, 3.05) is 19.1 Å². The molecule has 7 heteroatoms. The Balaban J connectivity index is 1.84. The Morgan fingerprint density at radius 2 is 2.03 bits per heavy atom. The number of H-pyrrole nitrogens is 1. The summed E-state index contributed by atoms with van der Waals surface area (Å²) in [5.74, 6) is 0.407. The van der Waals surface area contributed by atoms with Crippen LogP contribution in [0, 0.1) is 11.3 Å². The topological polar surface area (TPSA) is 94.9 Å². The molecule has 4 rings (SSSR count). The lowest BCUT2D eigenvalue weighted by molar-refractivity contribution is -0.113. The molecule has 4 aromatic rings. The summed E-state index contributed by atoms with van der Waals surface area (Å²) in [6, 6.07) is 13.3. The lowest BCUT2D eigenvalue weighted by Crippen LogP contribution is -2.23. The molecule has 0 fully saturated rings. The number of aromatic amines is 1. The summed E-state index contributed by atoms with van der Waals surface area (Å²) in [6.07, 6.45) is 6.52. The van der Waals surface area contributed by atoms with E-state index >= 15 is 0 Å². The summed E-state index contributed by atoms with van der Waals surface area (Å²) in [7, 11) is 3.27. The highest BCUT2D eigenvalue weighted by atomic mass is 16.5. The van der Waals surface area contributed by atoms with E-state index < -0.39 is 0 Å². The van der Waals surface area contributed by atoms with Crippen LogP contribution in [0.5, 0.6) is 5.75 Å². The van der Waals surface area contributed by atoms with Crippen molar-refractivity contribution in [1.82, 2.24) is 15.0 Å². The minimum atomic E-state index is -0.216. The van der Waals surface area contributed by atoms with Crippen LogP contribution in [0.3, 0.4) is 0 Å². The normalized spacial score (nSPS) is 10.5. The minimum absolute atomic E-state index is 0.216. The summed E-state index contributed by atoms with van der Waals surface area (Å²) < 4.78 is 5.44. The zero-order valence-electron chi connectivity index (χ0n) is 17.1. The number of hydrogen-bond acceptors (Lipinski definition) is 5. The van der Waals surface area contributed by atoms with Gasteiger partial charge in [0.15, 0.2) is 0 Å². The fraction of sp³-hybridized carbons (Fsp3) is 0.0833. The average Bonchev–Trinajstić information content (AvgIpc) is 3.26. The molecule has 0 aliphatic carbocycles. The molecule has 152 valence electrons. The number of fused-ring (bicyclic) bond motifs is 1. The van der Waals surface area contributed by atoms with Crippen molar-refractivity contribution >= 4 is 22.6 Å². The number of rotatable bonds is 5. The Labute approximate surface area is 179 Å². The zero-order chi connectivity index (χ0) is 22.0. The van der Waals surface area contributed by atoms with Crippen LogP contribution < -0.4 is 9.64 Å². The zero-order valence-corrected chi connectivity index (χ0v) is 17.1. The lowest BCUT2D eigenvalue weighted by atomic mass is 10.0. The van der Waals surface area contributed by atoms with Crippen LogP contribution in [0.25, 0.3) is 33.3 Å². The smallest absolute Gasteiger partial charge is 0.250 e. The van der Waals surface area contributed by atoms with Crippen molar-refractivity contribution < 1.29 is 9.53 Å². The van der Waals surface area contributed by atoms with Gasteiger partial charge in [-0.1, -0.05) is 6.58 Å². The van der Waals surface area contributed by atoms with Gasteiger partial charge in [-0.2, -0.15) is 5.26 Å². The van der Waals surface area contributed by atoms with Gasteiger partial charge in [0.25, 0.3) is 0 Å². The molecular formula is C24H19N5O2. The maximum Gasteiger partial charge on any atom is 0.250 e. The first kappa shape index (κ1) is 19.9. The van der Waals surface area contributed by atoms with Crippen LogP contribution in [0.15, 0.2) is 67.6 Å². The number of nitrogens with zero attached hydrogens (tertiary/aromatic N) is 4. The first-order valence-corrected chi connectivity index (χ1v) is 9.47. The average molecular weight is 409 g/mol. The van der Waals surface area contributed by atoms with E-state index in [1.807, 2.05) is 30.5 Å². The van der Waals surface area contributed by atoms with Gasteiger partial charge in [0.2, 0.25) is 5.91 Å². The van der Waals surface area contributed by atoms with E-state index in [9.17, 15) is 4.79 Å². The highest BCUT2D eigenvalue weighted by molar-refractivity contribution is 6.01. The van der Waals surface area contributed by atoms with Crippen LogP contribution in [0.4, 0.5) is 5.69 Å². The maximum atomic E-state index is 12.1. The second kappa shape index (κ2) is 8.13. The third-order valence-electron chi connectivity index (χ3n) is 5.07. The Kier molecular flexibility index (Phi) is 5.21. The molecule has 1 aromatic carbocycles. The Bertz CT molecular complexity index is 1350. The number of benzene rings is 1. The fourth-order valence-corrected chi connectivity index (χ4v) is 3.38. The van der Waals surface area contributed by atoms with Gasteiger partial charge >= 0.3 is 0 Å². The molecule has 31 heavy (non-hydrogen) atoms. The standard InChI is InChI=1S/C24H19N5O2/c1-4-23(30)29(2)19-8-16(9-20(11-19)31-3)17-10-21-22(14-28-24(21)27-13-17)15-5-6-26-18(7-15)12-25/h4-11,13-14H,1H2,2-3H3,(H,27,28). The molecule has 3 heterocycles. The predicted molar refractivity (Wildman–Crippen MR) is 120 cm³/mol. The van der Waals surface area contributed by atoms with Crippen LogP contribution in [0.1, 0.15) is 5.69 Å². The first-order valence-electron chi connectivity index (χ1n) is 9.47. The van der Waals surface area contributed by atoms with Gasteiger partial charge in [0, 0.05) is 53.9 Å². The van der Waals surface area contributed by atoms with Gasteiger partial charge < -0.3 is 14.6 Å². The molecule has 0 bridgehead atoms.